The zero-order valence-corrected chi connectivity index (χ0v) is 7.64. The zero-order chi connectivity index (χ0) is 12.0. The number of hydrogen-bond donors (Lipinski definition) is 0. The summed E-state index contributed by atoms with van der Waals surface area (Å²) in [6.07, 6.45) is -8.23. The minimum Gasteiger partial charge on any atom is -0.203 e. The smallest absolute Gasteiger partial charge is 0.203 e. The van der Waals surface area contributed by atoms with Crippen molar-refractivity contribution >= 4 is 0 Å². The third-order valence-corrected chi connectivity index (χ3v) is 1.15. The summed E-state index contributed by atoms with van der Waals surface area (Å²) in [4.78, 5) is 0. The topological polar surface area (TPSA) is 0 Å². The standard InChI is InChI=1S/C4H10.C3HF7/c1-3-4-2;4-1(5)2(6,7)3(8,9)10/h3-4H2,1-2H3;1H. The van der Waals surface area contributed by atoms with Crippen LogP contribution in [0.3, 0.4) is 0 Å². The summed E-state index contributed by atoms with van der Waals surface area (Å²) < 4.78 is 76.6. The first-order valence-corrected chi connectivity index (χ1v) is 3.83. The molecule has 0 aliphatic rings. The van der Waals surface area contributed by atoms with Crippen LogP contribution in [0.1, 0.15) is 26.7 Å². The Kier molecular flexibility index (Phi) is 6.93. The van der Waals surface area contributed by atoms with Crippen LogP contribution >= 0.6 is 0 Å². The molecule has 0 bridgehead atoms. The monoisotopic (exact) mass is 228 g/mol. The summed E-state index contributed by atoms with van der Waals surface area (Å²) in [5.41, 5.74) is 0. The highest BCUT2D eigenvalue weighted by Crippen LogP contribution is 2.39. The molecule has 0 aromatic carbocycles. The highest BCUT2D eigenvalue weighted by molar-refractivity contribution is 4.77. The Balaban J connectivity index is 0. The van der Waals surface area contributed by atoms with Crippen LogP contribution in [0.2, 0.25) is 0 Å². The Morgan fingerprint density at radius 2 is 1.14 bits per heavy atom. The molecule has 0 saturated carbocycles. The lowest BCUT2D eigenvalue weighted by Gasteiger charge is -2.17. The lowest BCUT2D eigenvalue weighted by atomic mass is 10.3. The van der Waals surface area contributed by atoms with E-state index in [1.165, 1.54) is 12.8 Å². The molecule has 14 heavy (non-hydrogen) atoms. The van der Waals surface area contributed by atoms with Gasteiger partial charge in [0, 0.05) is 0 Å². The molecule has 0 unspecified atom stereocenters. The summed E-state index contributed by atoms with van der Waals surface area (Å²) in [7, 11) is 0. The number of alkyl halides is 7. The van der Waals surface area contributed by atoms with Gasteiger partial charge in [-0.1, -0.05) is 26.7 Å². The fourth-order valence-corrected chi connectivity index (χ4v) is 0.124. The molecule has 0 heterocycles. The quantitative estimate of drug-likeness (QED) is 0.619. The number of rotatable bonds is 2. The van der Waals surface area contributed by atoms with Crippen LogP contribution in [0.25, 0.3) is 0 Å². The number of halogens is 7. The molecule has 0 aliphatic carbocycles. The predicted octanol–water partition coefficient (Wildman–Crippen LogP) is 4.26. The van der Waals surface area contributed by atoms with E-state index in [1.54, 1.807) is 0 Å². The molecule has 0 aromatic rings. The third kappa shape index (κ3) is 5.29. The van der Waals surface area contributed by atoms with Gasteiger partial charge in [0.15, 0.2) is 0 Å². The highest BCUT2D eigenvalue weighted by Gasteiger charge is 2.64. The van der Waals surface area contributed by atoms with E-state index in [1.807, 2.05) is 0 Å². The second-order valence-electron chi connectivity index (χ2n) is 2.42. The first-order valence-electron chi connectivity index (χ1n) is 3.83. The second kappa shape index (κ2) is 6.08. The van der Waals surface area contributed by atoms with E-state index in [0.29, 0.717) is 0 Å². The molecule has 0 rings (SSSR count). The fraction of sp³-hybridized carbons (Fsp3) is 1.00. The van der Waals surface area contributed by atoms with E-state index in [2.05, 4.69) is 13.8 Å². The minimum absolute atomic E-state index is 1.32. The van der Waals surface area contributed by atoms with Gasteiger partial charge in [0.2, 0.25) is 0 Å². The van der Waals surface area contributed by atoms with Crippen LogP contribution < -0.4 is 0 Å². The van der Waals surface area contributed by atoms with Crippen LogP contribution in [-0.2, 0) is 0 Å². The van der Waals surface area contributed by atoms with E-state index < -0.39 is 18.5 Å². The number of unbranched alkanes of at least 4 members (excludes halogenated alkanes) is 1. The zero-order valence-electron chi connectivity index (χ0n) is 7.64. The largest absolute Gasteiger partial charge is 0.459 e. The minimum atomic E-state index is -6.17. The molecule has 0 fully saturated rings. The molecule has 0 aromatic heterocycles. The van der Waals surface area contributed by atoms with E-state index in [-0.39, 0.29) is 0 Å². The van der Waals surface area contributed by atoms with Gasteiger partial charge >= 0.3 is 18.5 Å². The third-order valence-electron chi connectivity index (χ3n) is 1.15. The number of hydrogen-bond acceptors (Lipinski definition) is 0. The Bertz CT molecular complexity index is 135. The molecule has 0 saturated heterocycles. The Labute approximate surface area is 77.1 Å². The van der Waals surface area contributed by atoms with E-state index in [4.69, 9.17) is 0 Å². The first-order chi connectivity index (χ1) is 6.11. The van der Waals surface area contributed by atoms with Crippen molar-refractivity contribution in [2.45, 2.75) is 45.2 Å². The van der Waals surface area contributed by atoms with Gasteiger partial charge in [-0.05, 0) is 0 Å². The molecular weight excluding hydrogens is 217 g/mol. The van der Waals surface area contributed by atoms with Crippen LogP contribution in [0.5, 0.6) is 0 Å². The maximum atomic E-state index is 11.2. The lowest BCUT2D eigenvalue weighted by Crippen LogP contribution is -2.42. The van der Waals surface area contributed by atoms with E-state index in [9.17, 15) is 30.7 Å². The molecule has 88 valence electrons. The lowest BCUT2D eigenvalue weighted by molar-refractivity contribution is -0.320. The van der Waals surface area contributed by atoms with Gasteiger partial charge in [-0.2, -0.15) is 22.0 Å². The van der Waals surface area contributed by atoms with Crippen LogP contribution in [0.4, 0.5) is 30.7 Å². The summed E-state index contributed by atoms with van der Waals surface area (Å²) in [5.74, 6) is -5.90. The van der Waals surface area contributed by atoms with Gasteiger partial charge in [0.05, 0.1) is 0 Å². The second-order valence-corrected chi connectivity index (χ2v) is 2.42. The van der Waals surface area contributed by atoms with Crippen LogP contribution in [0, 0.1) is 0 Å². The summed E-state index contributed by atoms with van der Waals surface area (Å²) >= 11 is 0. The van der Waals surface area contributed by atoms with Crippen molar-refractivity contribution in [3.63, 3.8) is 0 Å². The fourth-order valence-electron chi connectivity index (χ4n) is 0.124. The van der Waals surface area contributed by atoms with Crippen molar-refractivity contribution < 1.29 is 30.7 Å². The summed E-state index contributed by atoms with van der Waals surface area (Å²) in [6.45, 7) is 4.36. The maximum Gasteiger partial charge on any atom is 0.459 e. The highest BCUT2D eigenvalue weighted by atomic mass is 19.4. The average Bonchev–Trinajstić information content (AvgIpc) is 2.02. The normalized spacial score (nSPS) is 12.4. The van der Waals surface area contributed by atoms with Crippen molar-refractivity contribution in [2.75, 3.05) is 0 Å². The van der Waals surface area contributed by atoms with Crippen LogP contribution in [-0.4, -0.2) is 18.5 Å². The molecule has 0 aliphatic heterocycles. The SMILES string of the molecule is CCCC.FC(F)C(F)(F)C(F)(F)F. The van der Waals surface area contributed by atoms with Gasteiger partial charge in [-0.15, -0.1) is 0 Å². The molecule has 0 spiro atoms. The Morgan fingerprint density at radius 1 is 0.857 bits per heavy atom. The molecule has 0 nitrogen and oxygen atoms in total. The van der Waals surface area contributed by atoms with Crippen molar-refractivity contribution in [1.82, 2.24) is 0 Å². The van der Waals surface area contributed by atoms with Crippen LogP contribution in [0.15, 0.2) is 0 Å². The van der Waals surface area contributed by atoms with Crippen molar-refractivity contribution in [1.29, 1.82) is 0 Å². The molecule has 0 radical (unpaired) electrons. The van der Waals surface area contributed by atoms with Gasteiger partial charge in [0.25, 0.3) is 0 Å². The summed E-state index contributed by atoms with van der Waals surface area (Å²) in [6, 6.07) is 0. The Morgan fingerprint density at radius 3 is 1.14 bits per heavy atom. The van der Waals surface area contributed by atoms with E-state index in [0.717, 1.165) is 0 Å². The van der Waals surface area contributed by atoms with Crippen molar-refractivity contribution in [2.24, 2.45) is 0 Å². The van der Waals surface area contributed by atoms with Crippen molar-refractivity contribution in [3.8, 4) is 0 Å². The molecular formula is C7H11F7. The Hall–Kier alpha value is -0.490. The maximum absolute atomic E-state index is 11.2. The molecule has 7 heteroatoms. The molecule has 0 N–H and O–H groups in total. The average molecular weight is 228 g/mol. The van der Waals surface area contributed by atoms with Gasteiger partial charge in [-0.3, -0.25) is 0 Å². The van der Waals surface area contributed by atoms with Crippen molar-refractivity contribution in [3.05, 3.63) is 0 Å². The van der Waals surface area contributed by atoms with Gasteiger partial charge in [-0.25, -0.2) is 8.78 Å². The van der Waals surface area contributed by atoms with Gasteiger partial charge in [0.1, 0.15) is 0 Å². The molecule has 0 amide bonds. The van der Waals surface area contributed by atoms with E-state index >= 15 is 0 Å². The predicted molar refractivity (Wildman–Crippen MR) is 37.6 cm³/mol. The summed E-state index contributed by atoms with van der Waals surface area (Å²) in [5, 5.41) is 0. The first kappa shape index (κ1) is 16.0. The molecule has 0 atom stereocenters. The van der Waals surface area contributed by atoms with Gasteiger partial charge < -0.3 is 0 Å².